The predicted molar refractivity (Wildman–Crippen MR) is 95.6 cm³/mol. The molecule has 0 aliphatic heterocycles. The van der Waals surface area contributed by atoms with E-state index in [-0.39, 0.29) is 43.7 Å². The molecule has 0 unspecified atom stereocenters. The zero-order chi connectivity index (χ0) is 20.7. The number of likely N-dealkylation sites (N-methyl/N-ethyl adjacent to an activating group) is 1. The van der Waals surface area contributed by atoms with Crippen molar-refractivity contribution in [3.63, 3.8) is 0 Å². The average Bonchev–Trinajstić information content (AvgIpc) is 2.65. The van der Waals surface area contributed by atoms with Crippen LogP contribution in [0.25, 0.3) is 0 Å². The lowest BCUT2D eigenvalue weighted by molar-refractivity contribution is -0.137. The lowest BCUT2D eigenvalue weighted by Gasteiger charge is -2.20. The molecule has 0 atom stereocenters. The first-order chi connectivity index (χ1) is 13.2. The minimum absolute atomic E-state index is 0.1000. The minimum atomic E-state index is -4.43. The quantitative estimate of drug-likeness (QED) is 0.728. The molecule has 0 saturated heterocycles. The SMILES string of the molecule is CCN(CC(=O)NCc1ccc(F)cc1)C(=O)Cc1ccc(C(F)(F)F)cc1. The molecule has 0 heterocycles. The van der Waals surface area contributed by atoms with Gasteiger partial charge in [-0.1, -0.05) is 24.3 Å². The fourth-order valence-corrected chi connectivity index (χ4v) is 2.51. The Kier molecular flexibility index (Phi) is 7.14. The molecule has 0 aliphatic rings. The number of carbonyl (C=O) groups excluding carboxylic acids is 2. The van der Waals surface area contributed by atoms with E-state index in [1.165, 1.54) is 29.2 Å². The molecule has 1 N–H and O–H groups in total. The number of rotatable bonds is 7. The van der Waals surface area contributed by atoms with Crippen LogP contribution in [0, 0.1) is 5.82 Å². The van der Waals surface area contributed by atoms with Gasteiger partial charge in [-0.3, -0.25) is 9.59 Å². The van der Waals surface area contributed by atoms with Crippen molar-refractivity contribution in [2.45, 2.75) is 26.1 Å². The fraction of sp³-hybridized carbons (Fsp3) is 0.300. The maximum atomic E-state index is 12.9. The molecule has 0 saturated carbocycles. The van der Waals surface area contributed by atoms with E-state index in [9.17, 15) is 27.2 Å². The molecular formula is C20H20F4N2O2. The van der Waals surface area contributed by atoms with E-state index in [0.29, 0.717) is 11.1 Å². The highest BCUT2D eigenvalue weighted by molar-refractivity contribution is 5.85. The third kappa shape index (κ3) is 6.37. The molecule has 0 aliphatic carbocycles. The third-order valence-corrected chi connectivity index (χ3v) is 4.11. The first kappa shape index (κ1) is 21.4. The molecule has 8 heteroatoms. The predicted octanol–water partition coefficient (Wildman–Crippen LogP) is 3.55. The first-order valence-corrected chi connectivity index (χ1v) is 8.64. The number of amides is 2. The normalized spacial score (nSPS) is 11.2. The first-order valence-electron chi connectivity index (χ1n) is 8.64. The Morgan fingerprint density at radius 1 is 0.964 bits per heavy atom. The van der Waals surface area contributed by atoms with Gasteiger partial charge >= 0.3 is 6.18 Å². The Bertz CT molecular complexity index is 802. The van der Waals surface area contributed by atoms with Gasteiger partial charge < -0.3 is 10.2 Å². The molecule has 4 nitrogen and oxygen atoms in total. The van der Waals surface area contributed by atoms with Gasteiger partial charge in [-0.05, 0) is 42.3 Å². The number of hydrogen-bond acceptors (Lipinski definition) is 2. The molecule has 0 radical (unpaired) electrons. The summed E-state index contributed by atoms with van der Waals surface area (Å²) < 4.78 is 50.6. The van der Waals surface area contributed by atoms with E-state index in [2.05, 4.69) is 5.32 Å². The fourth-order valence-electron chi connectivity index (χ4n) is 2.51. The smallest absolute Gasteiger partial charge is 0.350 e. The second kappa shape index (κ2) is 9.34. The van der Waals surface area contributed by atoms with Crippen LogP contribution >= 0.6 is 0 Å². The van der Waals surface area contributed by atoms with Crippen molar-refractivity contribution in [2.24, 2.45) is 0 Å². The summed E-state index contributed by atoms with van der Waals surface area (Å²) in [6, 6.07) is 10.0. The van der Waals surface area contributed by atoms with Crippen LogP contribution in [0.3, 0.4) is 0 Å². The van der Waals surface area contributed by atoms with E-state index in [1.54, 1.807) is 19.1 Å². The largest absolute Gasteiger partial charge is 0.416 e. The van der Waals surface area contributed by atoms with Gasteiger partial charge in [0.25, 0.3) is 0 Å². The van der Waals surface area contributed by atoms with Crippen LogP contribution in [0.5, 0.6) is 0 Å². The molecule has 0 fully saturated rings. The Balaban J connectivity index is 1.88. The lowest BCUT2D eigenvalue weighted by Crippen LogP contribution is -2.41. The Morgan fingerprint density at radius 2 is 1.54 bits per heavy atom. The number of benzene rings is 2. The Labute approximate surface area is 160 Å². The average molecular weight is 396 g/mol. The number of carbonyl (C=O) groups is 2. The minimum Gasteiger partial charge on any atom is -0.350 e. The van der Waals surface area contributed by atoms with Crippen LogP contribution in [0.4, 0.5) is 17.6 Å². The maximum absolute atomic E-state index is 12.9. The van der Waals surface area contributed by atoms with Gasteiger partial charge in [-0.25, -0.2) is 4.39 Å². The van der Waals surface area contributed by atoms with E-state index >= 15 is 0 Å². The maximum Gasteiger partial charge on any atom is 0.416 e. The molecule has 2 amide bonds. The number of alkyl halides is 3. The molecule has 2 rings (SSSR count). The summed E-state index contributed by atoms with van der Waals surface area (Å²) in [7, 11) is 0. The highest BCUT2D eigenvalue weighted by Crippen LogP contribution is 2.29. The van der Waals surface area contributed by atoms with Crippen molar-refractivity contribution >= 4 is 11.8 Å². The van der Waals surface area contributed by atoms with E-state index in [1.807, 2.05) is 0 Å². The number of nitrogens with one attached hydrogen (secondary N) is 1. The number of hydrogen-bond donors (Lipinski definition) is 1. The van der Waals surface area contributed by atoms with Crippen LogP contribution in [-0.4, -0.2) is 29.8 Å². The van der Waals surface area contributed by atoms with Crippen LogP contribution in [-0.2, 0) is 28.7 Å². The summed E-state index contributed by atoms with van der Waals surface area (Å²) in [5.74, 6) is -1.12. The second-order valence-corrected chi connectivity index (χ2v) is 6.18. The lowest BCUT2D eigenvalue weighted by atomic mass is 10.1. The zero-order valence-electron chi connectivity index (χ0n) is 15.2. The van der Waals surface area contributed by atoms with Crippen molar-refractivity contribution in [3.05, 3.63) is 71.0 Å². The summed E-state index contributed by atoms with van der Waals surface area (Å²) in [6.07, 6.45) is -4.53. The van der Waals surface area contributed by atoms with Gasteiger partial charge in [0.05, 0.1) is 18.5 Å². The van der Waals surface area contributed by atoms with Gasteiger partial charge in [0.15, 0.2) is 0 Å². The summed E-state index contributed by atoms with van der Waals surface area (Å²) in [6.45, 7) is 2.02. The molecule has 0 aromatic heterocycles. The molecule has 150 valence electrons. The van der Waals surface area contributed by atoms with Gasteiger partial charge in [0, 0.05) is 13.1 Å². The molecule has 28 heavy (non-hydrogen) atoms. The van der Waals surface area contributed by atoms with Gasteiger partial charge in [-0.15, -0.1) is 0 Å². The van der Waals surface area contributed by atoms with Crippen molar-refractivity contribution in [2.75, 3.05) is 13.1 Å². The number of halogens is 4. The van der Waals surface area contributed by atoms with Crippen LogP contribution in [0.15, 0.2) is 48.5 Å². The molecule has 0 bridgehead atoms. The standard InChI is InChI=1S/C20H20F4N2O2/c1-2-26(13-18(27)25-12-15-5-9-17(21)10-6-15)19(28)11-14-3-7-16(8-4-14)20(22,23)24/h3-10H,2,11-13H2,1H3,(H,25,27). The zero-order valence-corrected chi connectivity index (χ0v) is 15.2. The van der Waals surface area contributed by atoms with Gasteiger partial charge in [0.2, 0.25) is 11.8 Å². The van der Waals surface area contributed by atoms with Crippen LogP contribution < -0.4 is 5.32 Å². The third-order valence-electron chi connectivity index (χ3n) is 4.11. The molecule has 2 aromatic carbocycles. The summed E-state index contributed by atoms with van der Waals surface area (Å²) in [4.78, 5) is 25.7. The van der Waals surface area contributed by atoms with Crippen molar-refractivity contribution in [3.8, 4) is 0 Å². The van der Waals surface area contributed by atoms with Gasteiger partial charge in [0.1, 0.15) is 5.82 Å². The summed E-state index contributed by atoms with van der Waals surface area (Å²) in [5, 5.41) is 2.65. The highest BCUT2D eigenvalue weighted by Gasteiger charge is 2.30. The Morgan fingerprint density at radius 3 is 2.07 bits per heavy atom. The Hall–Kier alpha value is -2.90. The number of nitrogens with zero attached hydrogens (tertiary/aromatic N) is 1. The molecule has 0 spiro atoms. The summed E-state index contributed by atoms with van der Waals surface area (Å²) >= 11 is 0. The van der Waals surface area contributed by atoms with Crippen LogP contribution in [0.1, 0.15) is 23.6 Å². The van der Waals surface area contributed by atoms with E-state index in [4.69, 9.17) is 0 Å². The topological polar surface area (TPSA) is 49.4 Å². The monoisotopic (exact) mass is 396 g/mol. The van der Waals surface area contributed by atoms with Crippen LogP contribution in [0.2, 0.25) is 0 Å². The molecular weight excluding hydrogens is 376 g/mol. The second-order valence-electron chi connectivity index (χ2n) is 6.18. The summed E-state index contributed by atoms with van der Waals surface area (Å²) in [5.41, 5.74) is 0.369. The highest BCUT2D eigenvalue weighted by atomic mass is 19.4. The van der Waals surface area contributed by atoms with E-state index in [0.717, 1.165) is 12.1 Å². The van der Waals surface area contributed by atoms with Gasteiger partial charge in [-0.2, -0.15) is 13.2 Å². The van der Waals surface area contributed by atoms with E-state index < -0.39 is 11.7 Å². The molecule has 2 aromatic rings. The van der Waals surface area contributed by atoms with Crippen molar-refractivity contribution < 1.29 is 27.2 Å². The van der Waals surface area contributed by atoms with Crippen molar-refractivity contribution in [1.82, 2.24) is 10.2 Å². The van der Waals surface area contributed by atoms with Crippen molar-refractivity contribution in [1.29, 1.82) is 0 Å².